The van der Waals surface area contributed by atoms with E-state index >= 15 is 0 Å². The number of rotatable bonds is 8. The first-order chi connectivity index (χ1) is 18.4. The molecule has 1 spiro atoms. The molecule has 0 N–H and O–H groups in total. The highest BCUT2D eigenvalue weighted by Crippen LogP contribution is 2.45. The number of likely N-dealkylation sites (N-methyl/N-ethyl adjacent to an activating group) is 1. The SMILES string of the molecule is CCN(C[C@@H](CCN1CCC2(CC1)CS(=O)c1ccccc12)c1ccc(Cl)c(Cl)c1)C(=O)c1ccccc1. The second-order valence-electron chi connectivity index (χ2n) is 10.5. The van der Waals surface area contributed by atoms with Crippen molar-refractivity contribution in [2.75, 3.05) is 38.5 Å². The summed E-state index contributed by atoms with van der Waals surface area (Å²) in [4.78, 5) is 18.8. The van der Waals surface area contributed by atoms with Crippen molar-refractivity contribution in [3.05, 3.63) is 99.5 Å². The summed E-state index contributed by atoms with van der Waals surface area (Å²) < 4.78 is 12.8. The molecule has 2 heterocycles. The zero-order valence-electron chi connectivity index (χ0n) is 21.7. The summed E-state index contributed by atoms with van der Waals surface area (Å²) in [6.45, 7) is 6.18. The van der Waals surface area contributed by atoms with Crippen molar-refractivity contribution in [2.24, 2.45) is 0 Å². The number of amides is 1. The van der Waals surface area contributed by atoms with E-state index < -0.39 is 10.8 Å². The number of hydrogen-bond donors (Lipinski definition) is 0. The fraction of sp³-hybridized carbons (Fsp3) is 0.387. The molecule has 0 saturated carbocycles. The van der Waals surface area contributed by atoms with Crippen LogP contribution in [0.4, 0.5) is 0 Å². The number of hydrogen-bond acceptors (Lipinski definition) is 3. The molecule has 7 heteroatoms. The van der Waals surface area contributed by atoms with Gasteiger partial charge in [0.25, 0.3) is 5.91 Å². The number of benzene rings is 3. The van der Waals surface area contributed by atoms with E-state index in [1.807, 2.05) is 72.5 Å². The van der Waals surface area contributed by atoms with Gasteiger partial charge in [0, 0.05) is 40.6 Å². The largest absolute Gasteiger partial charge is 0.338 e. The Balaban J connectivity index is 1.28. The molecule has 3 aromatic carbocycles. The van der Waals surface area contributed by atoms with Gasteiger partial charge in [-0.2, -0.15) is 0 Å². The fourth-order valence-corrected chi connectivity index (χ4v) is 8.15. The summed E-state index contributed by atoms with van der Waals surface area (Å²) in [5, 5.41) is 1.08. The molecule has 1 fully saturated rings. The Kier molecular flexibility index (Phi) is 8.59. The predicted molar refractivity (Wildman–Crippen MR) is 157 cm³/mol. The highest BCUT2D eigenvalue weighted by atomic mass is 35.5. The van der Waals surface area contributed by atoms with Crippen LogP contribution < -0.4 is 0 Å². The van der Waals surface area contributed by atoms with Gasteiger partial charge in [-0.05, 0) is 87.3 Å². The number of nitrogens with zero attached hydrogens (tertiary/aromatic N) is 2. The van der Waals surface area contributed by atoms with Crippen LogP contribution in [0.25, 0.3) is 0 Å². The lowest BCUT2D eigenvalue weighted by atomic mass is 9.74. The van der Waals surface area contributed by atoms with Crippen LogP contribution in [0.5, 0.6) is 0 Å². The lowest BCUT2D eigenvalue weighted by Gasteiger charge is -2.40. The summed E-state index contributed by atoms with van der Waals surface area (Å²) >= 11 is 12.6. The first-order valence-corrected chi connectivity index (χ1v) is 15.5. The normalized spacial score (nSPS) is 19.3. The Hall–Kier alpha value is -2.18. The monoisotopic (exact) mass is 568 g/mol. The van der Waals surface area contributed by atoms with Crippen molar-refractivity contribution in [1.29, 1.82) is 0 Å². The molecule has 38 heavy (non-hydrogen) atoms. The minimum Gasteiger partial charge on any atom is -0.338 e. The maximum atomic E-state index is 13.3. The van der Waals surface area contributed by atoms with Crippen molar-refractivity contribution in [3.8, 4) is 0 Å². The van der Waals surface area contributed by atoms with E-state index in [0.29, 0.717) is 28.7 Å². The maximum absolute atomic E-state index is 13.3. The Morgan fingerprint density at radius 1 is 1.00 bits per heavy atom. The van der Waals surface area contributed by atoms with Crippen LogP contribution >= 0.6 is 23.2 Å². The number of carbonyl (C=O) groups excluding carboxylic acids is 1. The molecule has 3 aromatic rings. The van der Waals surface area contributed by atoms with Crippen molar-refractivity contribution in [1.82, 2.24) is 9.80 Å². The molecule has 2 aliphatic heterocycles. The fourth-order valence-electron chi connectivity index (χ4n) is 5.98. The highest BCUT2D eigenvalue weighted by Gasteiger charge is 2.44. The topological polar surface area (TPSA) is 40.6 Å². The Bertz CT molecular complexity index is 1310. The first kappa shape index (κ1) is 27.4. The van der Waals surface area contributed by atoms with Gasteiger partial charge in [0.2, 0.25) is 0 Å². The molecule has 2 atom stereocenters. The van der Waals surface area contributed by atoms with E-state index in [1.165, 1.54) is 5.56 Å². The molecule has 5 rings (SSSR count). The van der Waals surface area contributed by atoms with E-state index in [1.54, 1.807) is 0 Å². The molecular formula is C31H34Cl2N2O2S. The molecule has 0 radical (unpaired) electrons. The van der Waals surface area contributed by atoms with Gasteiger partial charge in [0.15, 0.2) is 0 Å². The van der Waals surface area contributed by atoms with Crippen molar-refractivity contribution in [3.63, 3.8) is 0 Å². The summed E-state index contributed by atoms with van der Waals surface area (Å²) in [5.41, 5.74) is 3.15. The average molecular weight is 570 g/mol. The second-order valence-corrected chi connectivity index (χ2v) is 12.7. The van der Waals surface area contributed by atoms with Crippen molar-refractivity contribution < 1.29 is 9.00 Å². The maximum Gasteiger partial charge on any atom is 0.253 e. The zero-order valence-corrected chi connectivity index (χ0v) is 24.1. The van der Waals surface area contributed by atoms with E-state index in [2.05, 4.69) is 17.0 Å². The molecule has 0 aromatic heterocycles. The van der Waals surface area contributed by atoms with Crippen LogP contribution in [0.3, 0.4) is 0 Å². The Morgan fingerprint density at radius 3 is 2.42 bits per heavy atom. The predicted octanol–water partition coefficient (Wildman–Crippen LogP) is 6.78. The summed E-state index contributed by atoms with van der Waals surface area (Å²) in [6.07, 6.45) is 2.97. The number of halogens is 2. The summed E-state index contributed by atoms with van der Waals surface area (Å²) in [7, 11) is -0.894. The molecular weight excluding hydrogens is 535 g/mol. The molecule has 4 nitrogen and oxygen atoms in total. The molecule has 0 bridgehead atoms. The third kappa shape index (κ3) is 5.72. The van der Waals surface area contributed by atoms with Gasteiger partial charge in [0.1, 0.15) is 0 Å². The van der Waals surface area contributed by atoms with Crippen molar-refractivity contribution >= 4 is 39.9 Å². The van der Waals surface area contributed by atoms with Crippen LogP contribution in [-0.4, -0.2) is 58.4 Å². The lowest BCUT2D eigenvalue weighted by molar-refractivity contribution is 0.0748. The smallest absolute Gasteiger partial charge is 0.253 e. The van der Waals surface area contributed by atoms with Gasteiger partial charge >= 0.3 is 0 Å². The van der Waals surface area contributed by atoms with E-state index in [4.69, 9.17) is 23.2 Å². The van der Waals surface area contributed by atoms with Crippen LogP contribution in [0.1, 0.15) is 53.6 Å². The number of likely N-dealkylation sites (tertiary alicyclic amines) is 1. The lowest BCUT2D eigenvalue weighted by Crippen LogP contribution is -2.44. The first-order valence-electron chi connectivity index (χ1n) is 13.4. The number of piperidine rings is 1. The van der Waals surface area contributed by atoms with Crippen LogP contribution in [-0.2, 0) is 16.2 Å². The molecule has 1 amide bonds. The average Bonchev–Trinajstić information content (AvgIpc) is 3.22. The van der Waals surface area contributed by atoms with E-state index in [-0.39, 0.29) is 17.2 Å². The Morgan fingerprint density at radius 2 is 1.71 bits per heavy atom. The number of carbonyl (C=O) groups is 1. The molecule has 2 aliphatic rings. The third-order valence-corrected chi connectivity index (χ3v) is 10.7. The van der Waals surface area contributed by atoms with Crippen molar-refractivity contribution in [2.45, 2.75) is 42.4 Å². The van der Waals surface area contributed by atoms with E-state index in [9.17, 15) is 9.00 Å². The molecule has 1 saturated heterocycles. The van der Waals surface area contributed by atoms with Crippen LogP contribution in [0.2, 0.25) is 10.0 Å². The van der Waals surface area contributed by atoms with Crippen LogP contribution in [0.15, 0.2) is 77.7 Å². The Labute approximate surface area is 238 Å². The van der Waals surface area contributed by atoms with Gasteiger partial charge in [0.05, 0.1) is 20.8 Å². The standard InChI is InChI=1S/C31H34Cl2N2O2S/c1-2-35(30(36)23-8-4-3-5-9-23)21-25(24-12-13-27(32)28(33)20-24)14-17-34-18-15-31(16-19-34)22-38(37)29-11-7-6-10-26(29)31/h3-13,20,25H,2,14-19,21-22H2,1H3/t25-,38?/m1/s1. The summed E-state index contributed by atoms with van der Waals surface area (Å²) in [6, 6.07) is 23.6. The minimum atomic E-state index is -0.894. The third-order valence-electron chi connectivity index (χ3n) is 8.26. The summed E-state index contributed by atoms with van der Waals surface area (Å²) in [5.74, 6) is 0.929. The highest BCUT2D eigenvalue weighted by molar-refractivity contribution is 7.85. The molecule has 200 valence electrons. The zero-order chi connectivity index (χ0) is 26.7. The molecule has 1 unspecified atom stereocenters. The minimum absolute atomic E-state index is 0.0438. The van der Waals surface area contributed by atoms with Gasteiger partial charge in [-0.3, -0.25) is 9.00 Å². The number of fused-ring (bicyclic) bond motifs is 2. The van der Waals surface area contributed by atoms with Gasteiger partial charge < -0.3 is 9.80 Å². The second kappa shape index (κ2) is 11.9. The van der Waals surface area contributed by atoms with Crippen LogP contribution in [0, 0.1) is 0 Å². The molecule has 0 aliphatic carbocycles. The van der Waals surface area contributed by atoms with E-state index in [0.717, 1.165) is 55.1 Å². The van der Waals surface area contributed by atoms with Gasteiger partial charge in [-0.25, -0.2) is 0 Å². The quantitative estimate of drug-likeness (QED) is 0.300. The van der Waals surface area contributed by atoms with Gasteiger partial charge in [-0.15, -0.1) is 0 Å². The van der Waals surface area contributed by atoms with Gasteiger partial charge in [-0.1, -0.05) is 65.7 Å².